The Labute approximate surface area is 200 Å². The smallest absolute Gasteiger partial charge is 0.264 e. The molecule has 33 heavy (non-hydrogen) atoms. The van der Waals surface area contributed by atoms with Crippen LogP contribution in [0.15, 0.2) is 52.3 Å². The van der Waals surface area contributed by atoms with Gasteiger partial charge in [0.05, 0.1) is 32.9 Å². The van der Waals surface area contributed by atoms with Crippen LogP contribution in [0.25, 0.3) is 0 Å². The van der Waals surface area contributed by atoms with E-state index in [0.29, 0.717) is 35.4 Å². The average molecular weight is 494 g/mol. The van der Waals surface area contributed by atoms with Crippen molar-refractivity contribution in [2.75, 3.05) is 36.9 Å². The Morgan fingerprint density at radius 1 is 1.12 bits per heavy atom. The Morgan fingerprint density at radius 3 is 2.36 bits per heavy atom. The number of anilines is 1. The average Bonchev–Trinajstić information content (AvgIpc) is 2.81. The second kappa shape index (κ2) is 11.5. The first-order valence-corrected chi connectivity index (χ1v) is 14.5. The maximum atomic E-state index is 13.7. The van der Waals surface area contributed by atoms with Crippen molar-refractivity contribution in [2.24, 2.45) is 11.8 Å². The Hall–Kier alpha value is -1.90. The Morgan fingerprint density at radius 2 is 1.79 bits per heavy atom. The van der Waals surface area contributed by atoms with E-state index in [1.54, 1.807) is 18.4 Å². The van der Waals surface area contributed by atoms with Crippen LogP contribution in [0.5, 0.6) is 5.75 Å². The number of nitrogens with zero attached hydrogens (tertiary/aromatic N) is 1. The third kappa shape index (κ3) is 6.58. The van der Waals surface area contributed by atoms with Crippen LogP contribution in [0.1, 0.15) is 39.2 Å². The predicted molar refractivity (Wildman–Crippen MR) is 133 cm³/mol. The Kier molecular flexibility index (Phi) is 8.95. The number of ether oxygens (including phenoxy) is 2. The van der Waals surface area contributed by atoms with Gasteiger partial charge in [0.15, 0.2) is 0 Å². The fourth-order valence-electron chi connectivity index (χ4n) is 3.81. The summed E-state index contributed by atoms with van der Waals surface area (Å²) in [6, 6.07) is 12.3. The van der Waals surface area contributed by atoms with Gasteiger partial charge in [-0.1, -0.05) is 32.9 Å². The van der Waals surface area contributed by atoms with Crippen LogP contribution in [0.3, 0.4) is 0 Å². The van der Waals surface area contributed by atoms with Crippen molar-refractivity contribution >= 4 is 26.5 Å². The van der Waals surface area contributed by atoms with Crippen LogP contribution in [0.2, 0.25) is 0 Å². The summed E-state index contributed by atoms with van der Waals surface area (Å²) in [4.78, 5) is 0.514. The van der Waals surface area contributed by atoms with Gasteiger partial charge in [-0.05, 0) is 67.0 Å². The molecule has 8 heteroatoms. The van der Waals surface area contributed by atoms with Crippen molar-refractivity contribution in [1.82, 2.24) is 0 Å². The molecule has 1 aliphatic rings. The van der Waals surface area contributed by atoms with E-state index in [-0.39, 0.29) is 10.8 Å². The van der Waals surface area contributed by atoms with Crippen molar-refractivity contribution in [3.63, 3.8) is 0 Å². The highest BCUT2D eigenvalue weighted by Gasteiger charge is 2.27. The van der Waals surface area contributed by atoms with Gasteiger partial charge in [0, 0.05) is 26.0 Å². The lowest BCUT2D eigenvalue weighted by atomic mass is 10.0. The highest BCUT2D eigenvalue weighted by molar-refractivity contribution is 7.93. The van der Waals surface area contributed by atoms with Crippen molar-refractivity contribution in [3.05, 3.63) is 48.0 Å². The molecule has 0 aromatic heterocycles. The zero-order valence-corrected chi connectivity index (χ0v) is 21.6. The Balaban J connectivity index is 1.91. The quantitative estimate of drug-likeness (QED) is 0.482. The molecule has 0 amide bonds. The predicted octanol–water partition coefficient (Wildman–Crippen LogP) is 4.64. The molecular weight excluding hydrogens is 458 g/mol. The van der Waals surface area contributed by atoms with Gasteiger partial charge in [0.25, 0.3) is 10.0 Å². The zero-order chi connectivity index (χ0) is 24.0. The first-order valence-electron chi connectivity index (χ1n) is 11.5. The van der Waals surface area contributed by atoms with Crippen molar-refractivity contribution in [1.29, 1.82) is 0 Å². The lowest BCUT2D eigenvalue weighted by molar-refractivity contribution is 0.0493. The number of sulfonamides is 1. The van der Waals surface area contributed by atoms with Gasteiger partial charge in [-0.2, -0.15) is 0 Å². The summed E-state index contributed by atoms with van der Waals surface area (Å²) in [5.41, 5.74) is 1.77. The molecule has 1 saturated heterocycles. The van der Waals surface area contributed by atoms with E-state index >= 15 is 0 Å². The summed E-state index contributed by atoms with van der Waals surface area (Å²) < 4.78 is 52.7. The van der Waals surface area contributed by atoms with Crippen LogP contribution >= 0.6 is 0 Å². The summed E-state index contributed by atoms with van der Waals surface area (Å²) in [5, 5.41) is 0. The summed E-state index contributed by atoms with van der Waals surface area (Å²) in [6.45, 7) is 8.34. The van der Waals surface area contributed by atoms with Gasteiger partial charge in [-0.3, -0.25) is 8.51 Å². The van der Waals surface area contributed by atoms with Gasteiger partial charge in [0.1, 0.15) is 5.75 Å². The molecule has 1 heterocycles. The first kappa shape index (κ1) is 25.7. The van der Waals surface area contributed by atoms with Crippen LogP contribution in [-0.2, 0) is 32.0 Å². The van der Waals surface area contributed by atoms with Crippen LogP contribution in [0, 0.1) is 11.8 Å². The molecule has 1 fully saturated rings. The maximum absolute atomic E-state index is 13.7. The van der Waals surface area contributed by atoms with Crippen LogP contribution in [0.4, 0.5) is 5.69 Å². The summed E-state index contributed by atoms with van der Waals surface area (Å²) in [5.74, 6) is 0.990. The first-order chi connectivity index (χ1) is 15.7. The molecule has 182 valence electrons. The van der Waals surface area contributed by atoms with Crippen LogP contribution < -0.4 is 9.04 Å². The van der Waals surface area contributed by atoms with E-state index in [1.807, 2.05) is 38.1 Å². The summed E-state index contributed by atoms with van der Waals surface area (Å²) >= 11 is 0. The molecular formula is C25H35NO5S2. The lowest BCUT2D eigenvalue weighted by Gasteiger charge is -2.27. The fourth-order valence-corrected chi connectivity index (χ4v) is 6.25. The van der Waals surface area contributed by atoms with Gasteiger partial charge >= 0.3 is 0 Å². The highest BCUT2D eigenvalue weighted by atomic mass is 32.2. The monoisotopic (exact) mass is 493 g/mol. The zero-order valence-electron chi connectivity index (χ0n) is 20.0. The molecule has 0 radical (unpaired) electrons. The molecule has 0 bridgehead atoms. The van der Waals surface area contributed by atoms with Gasteiger partial charge in [0.2, 0.25) is 0 Å². The van der Waals surface area contributed by atoms with Crippen LogP contribution in [-0.4, -0.2) is 45.2 Å². The normalized spacial score (nSPS) is 16.0. The topological polar surface area (TPSA) is 72.9 Å². The van der Waals surface area contributed by atoms with Gasteiger partial charge < -0.3 is 9.47 Å². The Bertz CT molecular complexity index is 1040. The third-order valence-corrected chi connectivity index (χ3v) is 8.52. The van der Waals surface area contributed by atoms with Crippen molar-refractivity contribution in [3.8, 4) is 5.75 Å². The highest BCUT2D eigenvalue weighted by Crippen LogP contribution is 2.31. The molecule has 0 saturated carbocycles. The molecule has 1 aliphatic heterocycles. The number of hydrogen-bond donors (Lipinski definition) is 0. The number of hydrogen-bond acceptors (Lipinski definition) is 5. The van der Waals surface area contributed by atoms with E-state index in [4.69, 9.17) is 9.47 Å². The molecule has 0 spiro atoms. The van der Waals surface area contributed by atoms with Crippen molar-refractivity contribution in [2.45, 2.75) is 49.8 Å². The molecule has 0 aliphatic carbocycles. The van der Waals surface area contributed by atoms with Gasteiger partial charge in [-0.25, -0.2) is 8.42 Å². The minimum absolute atomic E-state index is 0.117. The summed E-state index contributed by atoms with van der Waals surface area (Å²) in [6.07, 6.45) is 4.29. The maximum Gasteiger partial charge on any atom is 0.264 e. The minimum Gasteiger partial charge on any atom is -0.492 e. The second-order valence-corrected chi connectivity index (χ2v) is 12.1. The second-order valence-electron chi connectivity index (χ2n) is 8.88. The lowest BCUT2D eigenvalue weighted by Crippen LogP contribution is -2.34. The standard InChI is InChI=1S/C25H35NO5S2/c1-5-20-6-8-22(9-7-20)26(17-19(2)3)33(28,29)23-10-11-24(25(16-23)32(4)27)31-18-21-12-14-30-15-13-21/h6-11,16,19,21H,5,12-15,17-18H2,1-4H3. The third-order valence-electron chi connectivity index (χ3n) is 5.79. The van der Waals surface area contributed by atoms with E-state index in [9.17, 15) is 12.6 Å². The van der Waals surface area contributed by atoms with E-state index in [2.05, 4.69) is 6.92 Å². The minimum atomic E-state index is -3.85. The number of rotatable bonds is 10. The molecule has 2 aromatic carbocycles. The molecule has 1 atom stereocenters. The molecule has 0 N–H and O–H groups in total. The van der Waals surface area contributed by atoms with E-state index in [1.165, 1.54) is 10.4 Å². The van der Waals surface area contributed by atoms with Gasteiger partial charge in [-0.15, -0.1) is 0 Å². The number of benzene rings is 2. The van der Waals surface area contributed by atoms with Crippen molar-refractivity contribution < 1.29 is 22.1 Å². The van der Waals surface area contributed by atoms with E-state index < -0.39 is 20.8 Å². The molecule has 1 unspecified atom stereocenters. The molecule has 6 nitrogen and oxygen atoms in total. The largest absolute Gasteiger partial charge is 0.492 e. The number of aryl methyl sites for hydroxylation is 1. The fraction of sp³-hybridized carbons (Fsp3) is 0.520. The molecule has 3 rings (SSSR count). The SMILES string of the molecule is CCc1ccc(N(CC(C)C)S(=O)(=O)c2ccc(OCC3CCOCC3)c(S(C)=O)c2)cc1. The molecule has 2 aromatic rings. The van der Waals surface area contributed by atoms with E-state index in [0.717, 1.165) is 38.0 Å². The summed E-state index contributed by atoms with van der Waals surface area (Å²) in [7, 11) is -5.25.